The van der Waals surface area contributed by atoms with Crippen LogP contribution in [0.25, 0.3) is 0 Å². The minimum atomic E-state index is -0.470. The maximum absolute atomic E-state index is 12.2. The van der Waals surface area contributed by atoms with Crippen molar-refractivity contribution in [1.82, 2.24) is 0 Å². The third-order valence-electron chi connectivity index (χ3n) is 3.49. The number of anilines is 2. The largest absolute Gasteiger partial charge is 0.495 e. The number of rotatable bonds is 6. The zero-order valence-electron chi connectivity index (χ0n) is 13.7. The van der Waals surface area contributed by atoms with Crippen LogP contribution in [0.4, 0.5) is 11.4 Å². The van der Waals surface area contributed by atoms with Gasteiger partial charge >= 0.3 is 0 Å². The van der Waals surface area contributed by atoms with Gasteiger partial charge in [-0.05, 0) is 56.3 Å². The molecule has 0 spiro atoms. The Labute approximate surface area is 146 Å². The maximum atomic E-state index is 12.2. The second-order valence-corrected chi connectivity index (χ2v) is 5.75. The highest BCUT2D eigenvalue weighted by atomic mass is 35.5. The molecule has 1 unspecified atom stereocenters. The van der Waals surface area contributed by atoms with Gasteiger partial charge in [0, 0.05) is 16.9 Å². The van der Waals surface area contributed by atoms with Crippen molar-refractivity contribution in [3.8, 4) is 5.75 Å². The molecule has 0 aliphatic carbocycles. The SMILES string of the molecule is COc1ccc(NC(C)C(=O)Nc2ccc(C(C)=O)cc2)cc1Cl. The first-order chi connectivity index (χ1) is 11.4. The van der Waals surface area contributed by atoms with Crippen LogP contribution in [0.2, 0.25) is 5.02 Å². The van der Waals surface area contributed by atoms with Crippen molar-refractivity contribution in [2.45, 2.75) is 19.9 Å². The van der Waals surface area contributed by atoms with Gasteiger partial charge in [0.05, 0.1) is 12.1 Å². The Morgan fingerprint density at radius 2 is 1.71 bits per heavy atom. The van der Waals surface area contributed by atoms with Crippen LogP contribution < -0.4 is 15.4 Å². The van der Waals surface area contributed by atoms with Crippen LogP contribution in [-0.4, -0.2) is 24.8 Å². The molecule has 126 valence electrons. The van der Waals surface area contributed by atoms with E-state index in [0.717, 1.165) is 5.69 Å². The Hall–Kier alpha value is -2.53. The summed E-state index contributed by atoms with van der Waals surface area (Å²) >= 11 is 6.07. The standard InChI is InChI=1S/C18H19ClN2O3/c1-11(20-15-8-9-17(24-3)16(19)10-15)18(23)21-14-6-4-13(5-7-14)12(2)22/h4-11,20H,1-3H3,(H,21,23). The van der Waals surface area contributed by atoms with Crippen molar-refractivity contribution in [2.75, 3.05) is 17.7 Å². The zero-order valence-corrected chi connectivity index (χ0v) is 14.5. The van der Waals surface area contributed by atoms with Gasteiger partial charge in [-0.2, -0.15) is 0 Å². The van der Waals surface area contributed by atoms with Crippen LogP contribution in [0, 0.1) is 0 Å². The first-order valence-electron chi connectivity index (χ1n) is 7.42. The molecule has 0 aliphatic rings. The molecule has 24 heavy (non-hydrogen) atoms. The molecule has 0 heterocycles. The molecule has 2 rings (SSSR count). The summed E-state index contributed by atoms with van der Waals surface area (Å²) in [5, 5.41) is 6.34. The topological polar surface area (TPSA) is 67.4 Å². The summed E-state index contributed by atoms with van der Waals surface area (Å²) in [6, 6.07) is 11.5. The highest BCUT2D eigenvalue weighted by molar-refractivity contribution is 6.32. The summed E-state index contributed by atoms with van der Waals surface area (Å²) in [4.78, 5) is 23.5. The van der Waals surface area contributed by atoms with Crippen molar-refractivity contribution in [1.29, 1.82) is 0 Å². The normalized spacial score (nSPS) is 11.5. The lowest BCUT2D eigenvalue weighted by molar-refractivity contribution is -0.116. The first-order valence-corrected chi connectivity index (χ1v) is 7.80. The highest BCUT2D eigenvalue weighted by Gasteiger charge is 2.14. The van der Waals surface area contributed by atoms with E-state index >= 15 is 0 Å². The van der Waals surface area contributed by atoms with Gasteiger partial charge in [0.25, 0.3) is 0 Å². The van der Waals surface area contributed by atoms with Crippen molar-refractivity contribution >= 4 is 34.7 Å². The quantitative estimate of drug-likeness (QED) is 0.776. The third-order valence-corrected chi connectivity index (χ3v) is 3.78. The predicted molar refractivity (Wildman–Crippen MR) is 96.2 cm³/mol. The van der Waals surface area contributed by atoms with Crippen LogP contribution in [0.1, 0.15) is 24.2 Å². The lowest BCUT2D eigenvalue weighted by atomic mass is 10.1. The van der Waals surface area contributed by atoms with Gasteiger partial charge in [-0.25, -0.2) is 0 Å². The monoisotopic (exact) mass is 346 g/mol. The highest BCUT2D eigenvalue weighted by Crippen LogP contribution is 2.27. The minimum absolute atomic E-state index is 0.0145. The Bertz CT molecular complexity index is 744. The first kappa shape index (κ1) is 17.8. The van der Waals surface area contributed by atoms with E-state index < -0.39 is 6.04 Å². The number of carbonyl (C=O) groups excluding carboxylic acids is 2. The molecule has 5 nitrogen and oxygen atoms in total. The van der Waals surface area contributed by atoms with Crippen LogP contribution in [-0.2, 0) is 4.79 Å². The van der Waals surface area contributed by atoms with Crippen LogP contribution >= 0.6 is 11.6 Å². The van der Waals surface area contributed by atoms with Gasteiger partial charge in [0.2, 0.25) is 5.91 Å². The summed E-state index contributed by atoms with van der Waals surface area (Å²) in [7, 11) is 1.54. The van der Waals surface area contributed by atoms with E-state index in [0.29, 0.717) is 22.0 Å². The second kappa shape index (κ2) is 7.84. The molecule has 0 saturated heterocycles. The van der Waals surface area contributed by atoms with Crippen molar-refractivity contribution in [3.63, 3.8) is 0 Å². The lowest BCUT2D eigenvalue weighted by Gasteiger charge is -2.16. The second-order valence-electron chi connectivity index (χ2n) is 5.34. The minimum Gasteiger partial charge on any atom is -0.495 e. The number of benzene rings is 2. The number of carbonyl (C=O) groups is 2. The Morgan fingerprint density at radius 1 is 1.08 bits per heavy atom. The predicted octanol–water partition coefficient (Wildman–Crippen LogP) is 3.99. The Morgan fingerprint density at radius 3 is 2.25 bits per heavy atom. The number of hydrogen-bond acceptors (Lipinski definition) is 4. The Balaban J connectivity index is 1.99. The molecule has 2 aromatic carbocycles. The Kier molecular flexibility index (Phi) is 5.82. The lowest BCUT2D eigenvalue weighted by Crippen LogP contribution is -2.31. The fourth-order valence-corrected chi connectivity index (χ4v) is 2.37. The number of amides is 1. The molecule has 1 amide bonds. The molecular formula is C18H19ClN2O3. The number of ether oxygens (including phenoxy) is 1. The number of ketones is 1. The maximum Gasteiger partial charge on any atom is 0.246 e. The van der Waals surface area contributed by atoms with Gasteiger partial charge in [0.15, 0.2) is 5.78 Å². The third kappa shape index (κ3) is 4.49. The number of nitrogens with one attached hydrogen (secondary N) is 2. The van der Waals surface area contributed by atoms with Gasteiger partial charge in [-0.3, -0.25) is 9.59 Å². The molecule has 0 bridgehead atoms. The summed E-state index contributed by atoms with van der Waals surface area (Å²) in [5.41, 5.74) is 1.95. The summed E-state index contributed by atoms with van der Waals surface area (Å²) in [6.07, 6.45) is 0. The molecule has 6 heteroatoms. The van der Waals surface area contributed by atoms with Gasteiger partial charge in [-0.1, -0.05) is 11.6 Å². The number of hydrogen-bond donors (Lipinski definition) is 2. The summed E-state index contributed by atoms with van der Waals surface area (Å²) in [6.45, 7) is 3.25. The van der Waals surface area contributed by atoms with Gasteiger partial charge in [-0.15, -0.1) is 0 Å². The molecule has 0 aliphatic heterocycles. The smallest absolute Gasteiger partial charge is 0.246 e. The van der Waals surface area contributed by atoms with Gasteiger partial charge in [0.1, 0.15) is 11.8 Å². The van der Waals surface area contributed by atoms with E-state index in [9.17, 15) is 9.59 Å². The van der Waals surface area contributed by atoms with Crippen molar-refractivity contribution < 1.29 is 14.3 Å². The van der Waals surface area contributed by atoms with Crippen LogP contribution in [0.3, 0.4) is 0 Å². The molecule has 1 atom stereocenters. The van der Waals surface area contributed by atoms with Crippen molar-refractivity contribution in [2.24, 2.45) is 0 Å². The number of methoxy groups -OCH3 is 1. The number of halogens is 1. The van der Waals surface area contributed by atoms with Crippen LogP contribution in [0.15, 0.2) is 42.5 Å². The zero-order chi connectivity index (χ0) is 17.7. The van der Waals surface area contributed by atoms with E-state index in [-0.39, 0.29) is 11.7 Å². The molecular weight excluding hydrogens is 328 g/mol. The summed E-state index contributed by atoms with van der Waals surface area (Å²) in [5.74, 6) is 0.363. The molecule has 2 N–H and O–H groups in total. The summed E-state index contributed by atoms with van der Waals surface area (Å²) < 4.78 is 5.09. The fourth-order valence-electron chi connectivity index (χ4n) is 2.11. The molecule has 2 aromatic rings. The van der Waals surface area contributed by atoms with Crippen LogP contribution in [0.5, 0.6) is 5.75 Å². The van der Waals surface area contributed by atoms with E-state index in [1.807, 2.05) is 0 Å². The van der Waals surface area contributed by atoms with E-state index in [1.165, 1.54) is 6.92 Å². The fraction of sp³-hybridized carbons (Fsp3) is 0.222. The molecule has 0 aromatic heterocycles. The van der Waals surface area contributed by atoms with E-state index in [2.05, 4.69) is 10.6 Å². The van der Waals surface area contributed by atoms with Crippen molar-refractivity contribution in [3.05, 3.63) is 53.1 Å². The van der Waals surface area contributed by atoms with E-state index in [1.54, 1.807) is 56.5 Å². The number of Topliss-reactive ketones (excluding diaryl/α,β-unsaturated/α-hetero) is 1. The average molecular weight is 347 g/mol. The van der Waals surface area contributed by atoms with E-state index in [4.69, 9.17) is 16.3 Å². The molecule has 0 fully saturated rings. The molecule has 0 saturated carbocycles. The molecule has 0 radical (unpaired) electrons. The van der Waals surface area contributed by atoms with Gasteiger partial charge < -0.3 is 15.4 Å². The average Bonchev–Trinajstić information content (AvgIpc) is 2.55.